The van der Waals surface area contributed by atoms with Gasteiger partial charge in [0, 0.05) is 23.0 Å². The Labute approximate surface area is 184 Å². The molecule has 0 aliphatic heterocycles. The fourth-order valence-corrected chi connectivity index (χ4v) is 3.41. The Morgan fingerprint density at radius 1 is 1.09 bits per heavy atom. The second kappa shape index (κ2) is 8.50. The van der Waals surface area contributed by atoms with Gasteiger partial charge < -0.3 is 14.7 Å². The van der Waals surface area contributed by atoms with E-state index >= 15 is 0 Å². The van der Waals surface area contributed by atoms with Crippen LogP contribution in [0.3, 0.4) is 0 Å². The fourth-order valence-electron chi connectivity index (χ4n) is 3.41. The number of carbonyl (C=O) groups excluding carboxylic acids is 1. The highest BCUT2D eigenvalue weighted by atomic mass is 16.8. The molecule has 4 aromatic rings. The SMILES string of the molecule is COc1cc(-c2no[n+]([O-])c2C)c2nc(/C=C/C(=O)c3ccc(C)cc3)ccc2c1OC. The van der Waals surface area contributed by atoms with Crippen molar-refractivity contribution in [3.8, 4) is 22.8 Å². The van der Waals surface area contributed by atoms with Gasteiger partial charge in [0.2, 0.25) is 5.69 Å². The Hall–Kier alpha value is -4.20. The van der Waals surface area contributed by atoms with Crippen molar-refractivity contribution >= 4 is 22.8 Å². The zero-order chi connectivity index (χ0) is 22.8. The fraction of sp³-hybridized carbons (Fsp3) is 0.167. The molecule has 0 unspecified atom stereocenters. The number of fused-ring (bicyclic) bond motifs is 1. The molecule has 2 aromatic heterocycles. The molecule has 0 saturated heterocycles. The first-order valence-electron chi connectivity index (χ1n) is 9.84. The van der Waals surface area contributed by atoms with Crippen LogP contribution in [0.1, 0.15) is 27.3 Å². The summed E-state index contributed by atoms with van der Waals surface area (Å²) in [5.74, 6) is 0.842. The molecule has 0 aliphatic carbocycles. The number of hydrogen-bond acceptors (Lipinski definition) is 7. The van der Waals surface area contributed by atoms with Gasteiger partial charge in [0.15, 0.2) is 17.3 Å². The summed E-state index contributed by atoms with van der Waals surface area (Å²) in [5, 5.41) is 16.3. The van der Waals surface area contributed by atoms with E-state index in [1.807, 2.05) is 25.1 Å². The standard InChI is InChI=1S/C24H21N3O5/c1-14-5-7-16(8-6-14)20(28)12-10-17-9-11-18-23(25-17)19(13-21(30-3)24(18)31-4)22-15(2)27(29)32-26-22/h5-13H,1-4H3/b12-10+. The highest BCUT2D eigenvalue weighted by molar-refractivity contribution is 6.07. The molecule has 8 nitrogen and oxygen atoms in total. The number of pyridine rings is 1. The monoisotopic (exact) mass is 431 g/mol. The van der Waals surface area contributed by atoms with Gasteiger partial charge in [0.1, 0.15) is 0 Å². The highest BCUT2D eigenvalue weighted by Gasteiger charge is 2.24. The number of benzene rings is 2. The Balaban J connectivity index is 1.83. The summed E-state index contributed by atoms with van der Waals surface area (Å²) in [6.07, 6.45) is 3.12. The first kappa shape index (κ1) is 21.0. The van der Waals surface area contributed by atoms with Crippen LogP contribution in [0, 0.1) is 19.1 Å². The minimum Gasteiger partial charge on any atom is -0.493 e. The largest absolute Gasteiger partial charge is 0.493 e. The number of allylic oxidation sites excluding steroid dienone is 1. The first-order valence-corrected chi connectivity index (χ1v) is 9.84. The maximum atomic E-state index is 12.5. The van der Waals surface area contributed by atoms with Gasteiger partial charge in [-0.15, -0.1) is 0 Å². The molecule has 4 rings (SSSR count). The van der Waals surface area contributed by atoms with Crippen molar-refractivity contribution < 1.29 is 23.8 Å². The number of aryl methyl sites for hydroxylation is 1. The third-order valence-electron chi connectivity index (χ3n) is 5.16. The molecule has 162 valence electrons. The first-order chi connectivity index (χ1) is 15.4. The lowest BCUT2D eigenvalue weighted by Gasteiger charge is -2.13. The number of nitrogens with zero attached hydrogens (tertiary/aromatic N) is 3. The van der Waals surface area contributed by atoms with Crippen LogP contribution in [0.15, 0.2) is 53.2 Å². The Morgan fingerprint density at radius 2 is 1.84 bits per heavy atom. The lowest BCUT2D eigenvalue weighted by Crippen LogP contribution is -2.25. The number of carbonyl (C=O) groups is 1. The lowest BCUT2D eigenvalue weighted by molar-refractivity contribution is -0.806. The van der Waals surface area contributed by atoms with E-state index in [2.05, 4.69) is 5.16 Å². The van der Waals surface area contributed by atoms with Gasteiger partial charge in [0.25, 0.3) is 5.69 Å². The summed E-state index contributed by atoms with van der Waals surface area (Å²) in [4.78, 5) is 17.5. The Morgan fingerprint density at radius 3 is 2.47 bits per heavy atom. The minimum atomic E-state index is -0.126. The zero-order valence-corrected chi connectivity index (χ0v) is 18.1. The van der Waals surface area contributed by atoms with Gasteiger partial charge in [-0.1, -0.05) is 29.8 Å². The van der Waals surface area contributed by atoms with E-state index in [-0.39, 0.29) is 11.5 Å². The molecule has 0 fully saturated rings. The molecule has 0 saturated carbocycles. The molecular formula is C24H21N3O5. The van der Waals surface area contributed by atoms with Crippen molar-refractivity contribution in [1.82, 2.24) is 10.1 Å². The van der Waals surface area contributed by atoms with Gasteiger partial charge in [0.05, 0.1) is 31.0 Å². The number of rotatable bonds is 6. The van der Waals surface area contributed by atoms with Gasteiger partial charge in [-0.2, -0.15) is 0 Å². The third kappa shape index (κ3) is 3.78. The van der Waals surface area contributed by atoms with E-state index in [1.165, 1.54) is 20.3 Å². The van der Waals surface area contributed by atoms with Crippen molar-refractivity contribution in [3.05, 3.63) is 76.3 Å². The van der Waals surface area contributed by atoms with E-state index in [4.69, 9.17) is 19.1 Å². The van der Waals surface area contributed by atoms with Crippen molar-refractivity contribution in [2.45, 2.75) is 13.8 Å². The van der Waals surface area contributed by atoms with E-state index in [0.29, 0.717) is 49.8 Å². The number of aromatic nitrogens is 3. The van der Waals surface area contributed by atoms with E-state index in [9.17, 15) is 10.0 Å². The van der Waals surface area contributed by atoms with Crippen molar-refractivity contribution in [1.29, 1.82) is 0 Å². The van der Waals surface area contributed by atoms with Gasteiger partial charge in [-0.25, -0.2) is 4.98 Å². The van der Waals surface area contributed by atoms with Crippen molar-refractivity contribution in [2.75, 3.05) is 14.2 Å². The van der Waals surface area contributed by atoms with Crippen LogP contribution in [-0.4, -0.2) is 30.1 Å². The average molecular weight is 431 g/mol. The molecule has 32 heavy (non-hydrogen) atoms. The van der Waals surface area contributed by atoms with Crippen LogP contribution in [0.25, 0.3) is 28.2 Å². The Bertz CT molecular complexity index is 1340. The van der Waals surface area contributed by atoms with Crippen LogP contribution in [0.2, 0.25) is 0 Å². The molecule has 0 bridgehead atoms. The summed E-state index contributed by atoms with van der Waals surface area (Å²) in [6, 6.07) is 12.7. The second-order valence-corrected chi connectivity index (χ2v) is 7.22. The summed E-state index contributed by atoms with van der Waals surface area (Å²) < 4.78 is 15.7. The second-order valence-electron chi connectivity index (χ2n) is 7.22. The van der Waals surface area contributed by atoms with Crippen LogP contribution in [0.5, 0.6) is 11.5 Å². The predicted octanol–water partition coefficient (Wildman–Crippen LogP) is 4.05. The molecule has 0 aliphatic rings. The van der Waals surface area contributed by atoms with Gasteiger partial charge in [-0.3, -0.25) is 9.42 Å². The quantitative estimate of drug-likeness (QED) is 0.258. The third-order valence-corrected chi connectivity index (χ3v) is 5.16. The number of methoxy groups -OCH3 is 2. The molecule has 0 atom stereocenters. The lowest BCUT2D eigenvalue weighted by atomic mass is 10.0. The molecule has 2 aromatic carbocycles. The van der Waals surface area contributed by atoms with Crippen LogP contribution in [0.4, 0.5) is 0 Å². The van der Waals surface area contributed by atoms with Crippen molar-refractivity contribution in [2.24, 2.45) is 0 Å². The Kier molecular flexibility index (Phi) is 5.59. The molecule has 0 amide bonds. The predicted molar refractivity (Wildman–Crippen MR) is 119 cm³/mol. The molecule has 0 N–H and O–H groups in total. The van der Waals surface area contributed by atoms with E-state index < -0.39 is 0 Å². The van der Waals surface area contributed by atoms with Crippen molar-refractivity contribution in [3.63, 3.8) is 0 Å². The number of ether oxygens (including phenoxy) is 2. The van der Waals surface area contributed by atoms with Gasteiger partial charge >= 0.3 is 0 Å². The molecule has 2 heterocycles. The minimum absolute atomic E-state index is 0.126. The van der Waals surface area contributed by atoms with Crippen LogP contribution in [-0.2, 0) is 0 Å². The van der Waals surface area contributed by atoms with E-state index in [0.717, 1.165) is 5.56 Å². The maximum Gasteiger partial charge on any atom is 0.253 e. The van der Waals surface area contributed by atoms with Gasteiger partial charge in [-0.05, 0) is 42.2 Å². The zero-order valence-electron chi connectivity index (χ0n) is 18.1. The van der Waals surface area contributed by atoms with E-state index in [1.54, 1.807) is 37.3 Å². The molecule has 0 spiro atoms. The molecule has 8 heteroatoms. The van der Waals surface area contributed by atoms with Crippen LogP contribution >= 0.6 is 0 Å². The smallest absolute Gasteiger partial charge is 0.253 e. The normalized spacial score (nSPS) is 11.2. The topological polar surface area (TPSA) is 101 Å². The number of hydrogen-bond donors (Lipinski definition) is 0. The summed E-state index contributed by atoms with van der Waals surface area (Å²) in [5.41, 5.74) is 3.95. The molecule has 0 radical (unpaired) electrons. The summed E-state index contributed by atoms with van der Waals surface area (Å²) >= 11 is 0. The average Bonchev–Trinajstić information content (AvgIpc) is 3.14. The maximum absolute atomic E-state index is 12.5. The van der Waals surface area contributed by atoms with Crippen LogP contribution < -0.4 is 14.4 Å². The highest BCUT2D eigenvalue weighted by Crippen LogP contribution is 2.41. The number of ketones is 1. The summed E-state index contributed by atoms with van der Waals surface area (Å²) in [7, 11) is 3.07. The summed E-state index contributed by atoms with van der Waals surface area (Å²) in [6.45, 7) is 3.57. The molecular weight excluding hydrogens is 410 g/mol.